The van der Waals surface area contributed by atoms with Crippen LogP contribution in [0.15, 0.2) is 60.8 Å². The van der Waals surface area contributed by atoms with Crippen LogP contribution in [0, 0.1) is 5.92 Å². The second kappa shape index (κ2) is 10.8. The van der Waals surface area contributed by atoms with Gasteiger partial charge in [0.15, 0.2) is 0 Å². The van der Waals surface area contributed by atoms with Gasteiger partial charge in [0.2, 0.25) is 5.91 Å². The highest BCUT2D eigenvalue weighted by Gasteiger charge is 2.49. The Morgan fingerprint density at radius 2 is 1.82 bits per heavy atom. The van der Waals surface area contributed by atoms with Gasteiger partial charge >= 0.3 is 12.0 Å². The Morgan fingerprint density at radius 1 is 1.10 bits per heavy atom. The molecule has 1 aromatic heterocycles. The molecule has 3 heterocycles. The first-order valence-electron chi connectivity index (χ1n) is 13.8. The molecule has 39 heavy (non-hydrogen) atoms. The number of amides is 3. The first-order valence-corrected chi connectivity index (χ1v) is 13.8. The van der Waals surface area contributed by atoms with Gasteiger partial charge in [0.1, 0.15) is 11.6 Å². The zero-order valence-corrected chi connectivity index (χ0v) is 23.1. The second-order valence-corrected chi connectivity index (χ2v) is 11.7. The van der Waals surface area contributed by atoms with Crippen molar-refractivity contribution < 1.29 is 19.1 Å². The van der Waals surface area contributed by atoms with E-state index < -0.39 is 17.6 Å². The third-order valence-electron chi connectivity index (χ3n) is 7.72. The molecule has 0 radical (unpaired) electrons. The summed E-state index contributed by atoms with van der Waals surface area (Å²) in [5.74, 6) is -0.919. The number of fused-ring (bicyclic) bond motifs is 2. The molecule has 4 atom stereocenters. The fraction of sp³-hybridized carbons (Fsp3) is 0.452. The molecule has 2 aliphatic rings. The van der Waals surface area contributed by atoms with E-state index in [4.69, 9.17) is 4.74 Å². The minimum atomic E-state index is -0.641. The molecule has 2 fully saturated rings. The molecular formula is C31H38N4O4. The van der Waals surface area contributed by atoms with Crippen molar-refractivity contribution >= 4 is 28.8 Å². The molecule has 5 rings (SSSR count). The number of H-pyrrole nitrogens is 1. The Morgan fingerprint density at radius 3 is 2.56 bits per heavy atom. The monoisotopic (exact) mass is 530 g/mol. The number of urea groups is 1. The number of hydrogen-bond donors (Lipinski definition) is 2. The van der Waals surface area contributed by atoms with Crippen molar-refractivity contribution in [3.8, 4) is 0 Å². The van der Waals surface area contributed by atoms with Gasteiger partial charge in [0.25, 0.3) is 0 Å². The third-order valence-corrected chi connectivity index (χ3v) is 7.72. The van der Waals surface area contributed by atoms with Gasteiger partial charge in [0.05, 0.1) is 18.5 Å². The summed E-state index contributed by atoms with van der Waals surface area (Å²) >= 11 is 0. The number of hydrogen-bond acceptors (Lipinski definition) is 5. The Balaban J connectivity index is 1.39. The van der Waals surface area contributed by atoms with Gasteiger partial charge in [-0.2, -0.15) is 0 Å². The molecule has 0 aliphatic carbocycles. The number of imide groups is 1. The van der Waals surface area contributed by atoms with Crippen molar-refractivity contribution in [1.82, 2.24) is 20.1 Å². The number of esters is 1. The summed E-state index contributed by atoms with van der Waals surface area (Å²) in [7, 11) is 0. The van der Waals surface area contributed by atoms with Crippen molar-refractivity contribution in [2.24, 2.45) is 5.92 Å². The lowest BCUT2D eigenvalue weighted by molar-refractivity contribution is -0.158. The highest BCUT2D eigenvalue weighted by atomic mass is 16.6. The van der Waals surface area contributed by atoms with E-state index in [0.717, 1.165) is 34.9 Å². The summed E-state index contributed by atoms with van der Waals surface area (Å²) in [6.07, 6.45) is 3.92. The lowest BCUT2D eigenvalue weighted by atomic mass is 9.83. The minimum Gasteiger partial charge on any atom is -0.459 e. The van der Waals surface area contributed by atoms with Gasteiger partial charge in [-0.15, -0.1) is 0 Å². The summed E-state index contributed by atoms with van der Waals surface area (Å²) in [6.45, 7) is 8.32. The molecule has 3 amide bonds. The number of aromatic amines is 1. The second-order valence-electron chi connectivity index (χ2n) is 11.7. The van der Waals surface area contributed by atoms with Crippen LogP contribution in [0.3, 0.4) is 0 Å². The predicted molar refractivity (Wildman–Crippen MR) is 150 cm³/mol. The van der Waals surface area contributed by atoms with Gasteiger partial charge in [-0.3, -0.25) is 19.8 Å². The van der Waals surface area contributed by atoms with Crippen molar-refractivity contribution in [2.45, 2.75) is 77.2 Å². The zero-order valence-electron chi connectivity index (χ0n) is 23.1. The number of rotatable bonds is 7. The number of piperidine rings is 1. The van der Waals surface area contributed by atoms with Crippen molar-refractivity contribution in [3.05, 3.63) is 71.9 Å². The summed E-state index contributed by atoms with van der Waals surface area (Å²) < 4.78 is 5.82. The predicted octanol–water partition coefficient (Wildman–Crippen LogP) is 4.64. The molecule has 2 aliphatic heterocycles. The lowest BCUT2D eigenvalue weighted by Gasteiger charge is -2.50. The van der Waals surface area contributed by atoms with E-state index in [1.54, 1.807) is 0 Å². The van der Waals surface area contributed by atoms with Crippen molar-refractivity contribution in [1.29, 1.82) is 0 Å². The maximum atomic E-state index is 13.6. The number of carbonyl (C=O) groups excluding carboxylic acids is 3. The average Bonchev–Trinajstić information content (AvgIpc) is 3.32. The van der Waals surface area contributed by atoms with E-state index in [1.165, 1.54) is 4.90 Å². The first kappa shape index (κ1) is 26.9. The lowest BCUT2D eigenvalue weighted by Crippen LogP contribution is -2.69. The molecule has 2 saturated heterocycles. The fourth-order valence-electron chi connectivity index (χ4n) is 5.96. The summed E-state index contributed by atoms with van der Waals surface area (Å²) in [6, 6.07) is 16.1. The van der Waals surface area contributed by atoms with E-state index in [1.807, 2.05) is 93.4 Å². The first-order chi connectivity index (χ1) is 18.6. The highest BCUT2D eigenvalue weighted by Crippen LogP contribution is 2.32. The number of nitrogens with one attached hydrogen (secondary N) is 2. The molecule has 8 heteroatoms. The molecule has 1 unspecified atom stereocenters. The van der Waals surface area contributed by atoms with Crippen LogP contribution in [0.2, 0.25) is 0 Å². The van der Waals surface area contributed by atoms with E-state index >= 15 is 0 Å². The number of aromatic nitrogens is 1. The van der Waals surface area contributed by atoms with Crippen LogP contribution in [0.25, 0.3) is 10.9 Å². The molecule has 3 aromatic rings. The van der Waals surface area contributed by atoms with E-state index in [0.29, 0.717) is 13.0 Å². The quantitative estimate of drug-likeness (QED) is 0.434. The Labute approximate surface area is 229 Å². The van der Waals surface area contributed by atoms with Crippen LogP contribution in [0.5, 0.6) is 0 Å². The van der Waals surface area contributed by atoms with E-state index in [-0.39, 0.29) is 36.5 Å². The van der Waals surface area contributed by atoms with Gasteiger partial charge in [0, 0.05) is 36.1 Å². The molecule has 0 saturated carbocycles. The molecule has 2 aromatic carbocycles. The number of para-hydroxylation sites is 1. The Bertz CT molecular complexity index is 1350. The Hall–Kier alpha value is -3.65. The minimum absolute atomic E-state index is 0.177. The van der Waals surface area contributed by atoms with Crippen LogP contribution in [0.1, 0.15) is 51.7 Å². The summed E-state index contributed by atoms with van der Waals surface area (Å²) in [5, 5.41) is 4.62. The summed E-state index contributed by atoms with van der Waals surface area (Å²) in [4.78, 5) is 47.0. The number of nitrogens with zero attached hydrogens (tertiary/aromatic N) is 2. The zero-order chi connectivity index (χ0) is 27.7. The van der Waals surface area contributed by atoms with Crippen LogP contribution >= 0.6 is 0 Å². The van der Waals surface area contributed by atoms with Crippen LogP contribution < -0.4 is 5.32 Å². The van der Waals surface area contributed by atoms with Gasteiger partial charge in [-0.1, -0.05) is 55.5 Å². The van der Waals surface area contributed by atoms with Crippen LogP contribution in [-0.2, 0) is 27.3 Å². The molecule has 0 spiro atoms. The normalized spacial score (nSPS) is 22.6. The largest absolute Gasteiger partial charge is 0.459 e. The topological polar surface area (TPSA) is 94.7 Å². The third kappa shape index (κ3) is 5.71. The molecule has 206 valence electrons. The SMILES string of the molecule is C[C@@H]1C(=O)N(Cc2ccccc2)C(=O)N2CCC[C@@H](N[C@H](Cc3c[nH]c4ccccc34)C(=O)OC(C)(C)C)C12. The molecule has 0 bridgehead atoms. The number of carbonyl (C=O) groups is 3. The van der Waals surface area contributed by atoms with Crippen LogP contribution in [0.4, 0.5) is 4.79 Å². The Kier molecular flexibility index (Phi) is 7.49. The number of benzene rings is 2. The smallest absolute Gasteiger partial charge is 0.327 e. The fourth-order valence-corrected chi connectivity index (χ4v) is 5.96. The highest BCUT2D eigenvalue weighted by molar-refractivity contribution is 5.98. The van der Waals surface area contributed by atoms with Crippen molar-refractivity contribution in [3.63, 3.8) is 0 Å². The van der Waals surface area contributed by atoms with E-state index in [9.17, 15) is 14.4 Å². The van der Waals surface area contributed by atoms with Crippen molar-refractivity contribution in [2.75, 3.05) is 6.54 Å². The van der Waals surface area contributed by atoms with Gasteiger partial charge < -0.3 is 14.6 Å². The maximum Gasteiger partial charge on any atom is 0.327 e. The maximum absolute atomic E-state index is 13.6. The van der Waals surface area contributed by atoms with E-state index in [2.05, 4.69) is 10.3 Å². The average molecular weight is 531 g/mol. The number of ether oxygens (including phenoxy) is 1. The summed E-state index contributed by atoms with van der Waals surface area (Å²) in [5.41, 5.74) is 2.30. The van der Waals surface area contributed by atoms with Gasteiger partial charge in [-0.05, 0) is 50.8 Å². The molecule has 8 nitrogen and oxygen atoms in total. The van der Waals surface area contributed by atoms with Crippen LogP contribution in [-0.4, -0.2) is 63.0 Å². The molecule has 2 N–H and O–H groups in total. The van der Waals surface area contributed by atoms with Gasteiger partial charge in [-0.25, -0.2) is 4.79 Å². The standard InChI is InChI=1S/C31H38N4O4/c1-20-27-25(15-10-16-34(27)30(38)35(28(20)36)19-21-11-6-5-7-12-21)33-26(29(37)39-31(2,3)4)17-22-18-32-24-14-9-8-13-23(22)24/h5-9,11-14,18,20,25-27,32-33H,10,15-17,19H2,1-4H3/t20-,25+,26+,27?/m0/s1. The molecular weight excluding hydrogens is 492 g/mol.